The summed E-state index contributed by atoms with van der Waals surface area (Å²) in [7, 11) is 1.64. The topological polar surface area (TPSA) is 54.4 Å². The van der Waals surface area contributed by atoms with Crippen molar-refractivity contribution in [2.75, 3.05) is 26.7 Å². The number of benzene rings is 2. The lowest BCUT2D eigenvalue weighted by Gasteiger charge is -2.40. The molecule has 0 aliphatic carbocycles. The van der Waals surface area contributed by atoms with Crippen LogP contribution < -0.4 is 9.47 Å². The van der Waals surface area contributed by atoms with Crippen LogP contribution in [0.5, 0.6) is 17.2 Å². The first kappa shape index (κ1) is 17.4. The second-order valence-electron chi connectivity index (χ2n) is 6.87. The molecule has 6 heteroatoms. The Hall–Kier alpha value is -3.02. The molecule has 1 saturated heterocycles. The minimum Gasteiger partial charge on any atom is -0.497 e. The van der Waals surface area contributed by atoms with Gasteiger partial charge in [0.2, 0.25) is 5.91 Å². The van der Waals surface area contributed by atoms with Crippen molar-refractivity contribution in [1.29, 1.82) is 0 Å². The normalized spacial score (nSPS) is 18.6. The van der Waals surface area contributed by atoms with Gasteiger partial charge in [0, 0.05) is 38.7 Å². The Kier molecular flexibility index (Phi) is 4.48. The number of carbonyl (C=O) groups excluding carboxylic acids is 1. The Morgan fingerprint density at radius 1 is 1.19 bits per heavy atom. The van der Waals surface area contributed by atoms with Gasteiger partial charge in [-0.2, -0.15) is 0 Å². The highest BCUT2D eigenvalue weighted by molar-refractivity contribution is 6.04. The predicted molar refractivity (Wildman–Crippen MR) is 104 cm³/mol. The minimum absolute atomic E-state index is 0.115. The van der Waals surface area contributed by atoms with E-state index in [1.807, 2.05) is 47.4 Å². The molecule has 6 nitrogen and oxygen atoms in total. The third-order valence-electron chi connectivity index (χ3n) is 5.07. The third kappa shape index (κ3) is 3.23. The molecule has 0 N–H and O–H groups in total. The van der Waals surface area contributed by atoms with E-state index in [2.05, 4.69) is 11.8 Å². The van der Waals surface area contributed by atoms with Crippen molar-refractivity contribution in [2.45, 2.75) is 19.9 Å². The van der Waals surface area contributed by atoms with Gasteiger partial charge < -0.3 is 19.3 Å². The van der Waals surface area contributed by atoms with Gasteiger partial charge in [-0.15, -0.1) is 0 Å². The van der Waals surface area contributed by atoms with E-state index in [1.54, 1.807) is 14.0 Å². The number of para-hydroxylation sites is 2. The van der Waals surface area contributed by atoms with Gasteiger partial charge in [-0.1, -0.05) is 12.1 Å². The summed E-state index contributed by atoms with van der Waals surface area (Å²) >= 11 is 0. The number of aliphatic imine (C=N–C) groups is 1. The number of hydrogen-bond acceptors (Lipinski definition) is 5. The van der Waals surface area contributed by atoms with E-state index < -0.39 is 0 Å². The smallest absolute Gasteiger partial charge is 0.219 e. The maximum absolute atomic E-state index is 11.8. The molecular formula is C21H23N3O3. The van der Waals surface area contributed by atoms with Crippen LogP contribution in [-0.2, 0) is 4.79 Å². The number of hydrogen-bond donors (Lipinski definition) is 0. The number of fused-ring (bicyclic) bond motifs is 2. The lowest BCUT2D eigenvalue weighted by atomic mass is 10.1. The van der Waals surface area contributed by atoms with Crippen LogP contribution in [0.2, 0.25) is 0 Å². The molecule has 1 amide bonds. The number of piperazine rings is 1. The average Bonchev–Trinajstić information content (AvgIpc) is 2.83. The van der Waals surface area contributed by atoms with E-state index in [1.165, 1.54) is 0 Å². The standard InChI is InChI=1S/C21H23N3O3/c1-14-13-23(10-11-24(14)15(2)25)21-17-9-8-16(26-3)12-20(17)27-19-7-5-4-6-18(19)22-21/h4-9,12,14H,10-11,13H2,1-3H3. The number of carbonyl (C=O) groups is 1. The molecular weight excluding hydrogens is 342 g/mol. The van der Waals surface area contributed by atoms with Crippen LogP contribution in [0.25, 0.3) is 0 Å². The Bertz CT molecular complexity index is 909. The lowest BCUT2D eigenvalue weighted by molar-refractivity contribution is -0.132. The minimum atomic E-state index is 0.115. The second-order valence-corrected chi connectivity index (χ2v) is 6.87. The number of ether oxygens (including phenoxy) is 2. The van der Waals surface area contributed by atoms with E-state index >= 15 is 0 Å². The number of methoxy groups -OCH3 is 1. The summed E-state index contributed by atoms with van der Waals surface area (Å²) in [4.78, 5) is 20.9. The lowest BCUT2D eigenvalue weighted by Crippen LogP contribution is -2.55. The van der Waals surface area contributed by atoms with Crippen LogP contribution >= 0.6 is 0 Å². The van der Waals surface area contributed by atoms with Gasteiger partial charge in [0.1, 0.15) is 23.0 Å². The first-order chi connectivity index (χ1) is 13.1. The number of amides is 1. The van der Waals surface area contributed by atoms with E-state index in [4.69, 9.17) is 14.5 Å². The van der Waals surface area contributed by atoms with Crippen molar-refractivity contribution >= 4 is 17.4 Å². The van der Waals surface area contributed by atoms with Gasteiger partial charge in [-0.3, -0.25) is 4.79 Å². The van der Waals surface area contributed by atoms with Crippen LogP contribution in [0.4, 0.5) is 5.69 Å². The molecule has 27 heavy (non-hydrogen) atoms. The Morgan fingerprint density at radius 3 is 2.74 bits per heavy atom. The van der Waals surface area contributed by atoms with Crippen LogP contribution in [0.3, 0.4) is 0 Å². The summed E-state index contributed by atoms with van der Waals surface area (Å²) in [6.07, 6.45) is 0. The maximum atomic E-state index is 11.8. The first-order valence-electron chi connectivity index (χ1n) is 9.13. The Balaban J connectivity index is 1.77. The van der Waals surface area contributed by atoms with E-state index in [-0.39, 0.29) is 11.9 Å². The van der Waals surface area contributed by atoms with E-state index in [9.17, 15) is 4.79 Å². The Labute approximate surface area is 159 Å². The first-order valence-corrected chi connectivity index (χ1v) is 9.13. The van der Waals surface area contributed by atoms with Crippen LogP contribution in [0.15, 0.2) is 47.5 Å². The molecule has 0 spiro atoms. The van der Waals surface area contributed by atoms with Crippen molar-refractivity contribution in [1.82, 2.24) is 9.80 Å². The van der Waals surface area contributed by atoms with Gasteiger partial charge in [0.05, 0.1) is 12.7 Å². The zero-order valence-corrected chi connectivity index (χ0v) is 15.8. The molecule has 0 bridgehead atoms. The van der Waals surface area contributed by atoms with Gasteiger partial charge >= 0.3 is 0 Å². The van der Waals surface area contributed by atoms with Crippen molar-refractivity contribution in [3.63, 3.8) is 0 Å². The fraction of sp³-hybridized carbons (Fsp3) is 0.333. The summed E-state index contributed by atoms with van der Waals surface area (Å²) in [5.74, 6) is 3.16. The number of nitrogens with zero attached hydrogens (tertiary/aromatic N) is 3. The van der Waals surface area contributed by atoms with Gasteiger partial charge in [0.25, 0.3) is 0 Å². The highest BCUT2D eigenvalue weighted by Crippen LogP contribution is 2.39. The molecule has 1 unspecified atom stereocenters. The fourth-order valence-corrected chi connectivity index (χ4v) is 3.69. The van der Waals surface area contributed by atoms with Crippen molar-refractivity contribution in [3.05, 3.63) is 48.0 Å². The van der Waals surface area contributed by atoms with Crippen molar-refractivity contribution in [2.24, 2.45) is 4.99 Å². The largest absolute Gasteiger partial charge is 0.497 e. The molecule has 2 aliphatic rings. The molecule has 0 saturated carbocycles. The summed E-state index contributed by atoms with van der Waals surface area (Å²) in [6.45, 7) is 5.84. The van der Waals surface area contributed by atoms with Gasteiger partial charge in [0.15, 0.2) is 5.75 Å². The molecule has 2 aromatic rings. The number of rotatable bonds is 1. The van der Waals surface area contributed by atoms with E-state index in [0.717, 1.165) is 47.4 Å². The van der Waals surface area contributed by atoms with E-state index in [0.29, 0.717) is 6.54 Å². The second kappa shape index (κ2) is 6.95. The maximum Gasteiger partial charge on any atom is 0.219 e. The van der Waals surface area contributed by atoms with Crippen molar-refractivity contribution in [3.8, 4) is 17.2 Å². The summed E-state index contributed by atoms with van der Waals surface area (Å²) < 4.78 is 11.5. The molecule has 0 radical (unpaired) electrons. The third-order valence-corrected chi connectivity index (χ3v) is 5.07. The highest BCUT2D eigenvalue weighted by atomic mass is 16.5. The summed E-state index contributed by atoms with van der Waals surface area (Å²) in [5.41, 5.74) is 1.72. The molecule has 4 rings (SSSR count). The van der Waals surface area contributed by atoms with Crippen LogP contribution in [-0.4, -0.2) is 54.3 Å². The summed E-state index contributed by atoms with van der Waals surface area (Å²) in [5, 5.41) is 0. The average molecular weight is 365 g/mol. The molecule has 140 valence electrons. The van der Waals surface area contributed by atoms with Crippen molar-refractivity contribution < 1.29 is 14.3 Å². The summed E-state index contributed by atoms with van der Waals surface area (Å²) in [6, 6.07) is 13.7. The SMILES string of the molecule is COc1ccc2c(c1)Oc1ccccc1N=C2N1CCN(C(C)=O)C(C)C1. The van der Waals surface area contributed by atoms with Crippen LogP contribution in [0, 0.1) is 0 Å². The Morgan fingerprint density at radius 2 is 2.00 bits per heavy atom. The molecule has 0 aromatic heterocycles. The van der Waals surface area contributed by atoms with Gasteiger partial charge in [-0.05, 0) is 31.2 Å². The fourth-order valence-electron chi connectivity index (χ4n) is 3.69. The van der Waals surface area contributed by atoms with Gasteiger partial charge in [-0.25, -0.2) is 4.99 Å². The zero-order chi connectivity index (χ0) is 19.0. The molecule has 2 heterocycles. The predicted octanol–water partition coefficient (Wildman–Crippen LogP) is 3.43. The molecule has 1 fully saturated rings. The molecule has 1 atom stereocenters. The molecule has 2 aromatic carbocycles. The molecule has 2 aliphatic heterocycles. The highest BCUT2D eigenvalue weighted by Gasteiger charge is 2.30. The zero-order valence-electron chi connectivity index (χ0n) is 15.8. The quantitative estimate of drug-likeness (QED) is 0.777. The monoisotopic (exact) mass is 365 g/mol. The van der Waals surface area contributed by atoms with Crippen LogP contribution in [0.1, 0.15) is 19.4 Å². The number of amidine groups is 1.